The van der Waals surface area contributed by atoms with Crippen molar-refractivity contribution in [1.82, 2.24) is 9.38 Å². The van der Waals surface area contributed by atoms with Crippen molar-refractivity contribution in [3.8, 4) is 17.0 Å². The van der Waals surface area contributed by atoms with Crippen molar-refractivity contribution in [2.75, 3.05) is 18.5 Å². The largest absolute Gasteiger partial charge is 0.465 e. The third-order valence-corrected chi connectivity index (χ3v) is 5.68. The van der Waals surface area contributed by atoms with E-state index in [0.717, 1.165) is 14.5 Å². The molecular formula is C24H19Br2N3O4. The first-order valence-corrected chi connectivity index (χ1v) is 11.7. The zero-order valence-electron chi connectivity index (χ0n) is 17.5. The molecule has 0 saturated carbocycles. The number of rotatable bonds is 7. The highest BCUT2D eigenvalue weighted by Crippen LogP contribution is 2.32. The molecule has 0 saturated heterocycles. The first-order chi connectivity index (χ1) is 15.9. The fourth-order valence-corrected chi connectivity index (χ4v) is 3.82. The van der Waals surface area contributed by atoms with Crippen molar-refractivity contribution < 1.29 is 19.1 Å². The van der Waals surface area contributed by atoms with Gasteiger partial charge in [0.25, 0.3) is 0 Å². The zero-order valence-corrected chi connectivity index (χ0v) is 20.7. The van der Waals surface area contributed by atoms with Crippen LogP contribution in [-0.2, 0) is 9.53 Å². The van der Waals surface area contributed by atoms with Crippen LogP contribution in [0.15, 0.2) is 75.8 Å². The molecule has 2 heterocycles. The first-order valence-electron chi connectivity index (χ1n) is 10.1. The summed E-state index contributed by atoms with van der Waals surface area (Å²) in [7, 11) is 0. The predicted octanol–water partition coefficient (Wildman–Crippen LogP) is 5.72. The van der Waals surface area contributed by atoms with E-state index >= 15 is 0 Å². The van der Waals surface area contributed by atoms with E-state index in [1.807, 2.05) is 28.8 Å². The number of ether oxygens (including phenoxy) is 2. The SMILES string of the molecule is CCOC(=O)CNc1c(-c2cccc(OC(=O)c3ccc(Br)cc3)c2)nc2ccc(Br)cn12. The van der Waals surface area contributed by atoms with Gasteiger partial charge < -0.3 is 14.8 Å². The number of halogens is 2. The predicted molar refractivity (Wildman–Crippen MR) is 133 cm³/mol. The highest BCUT2D eigenvalue weighted by molar-refractivity contribution is 9.10. The Labute approximate surface area is 207 Å². The normalized spacial score (nSPS) is 10.8. The maximum Gasteiger partial charge on any atom is 0.343 e. The molecule has 7 nitrogen and oxygen atoms in total. The van der Waals surface area contributed by atoms with Gasteiger partial charge >= 0.3 is 11.9 Å². The standard InChI is InChI=1S/C24H19Br2N3O4/c1-2-32-21(30)13-27-23-22(28-20-11-10-18(26)14-29(20)23)16-4-3-5-19(12-16)33-24(31)15-6-8-17(25)9-7-15/h3-12,14,27H,2,13H2,1H3. The number of hydrogen-bond donors (Lipinski definition) is 1. The number of pyridine rings is 1. The summed E-state index contributed by atoms with van der Waals surface area (Å²) in [5.41, 5.74) is 2.47. The van der Waals surface area contributed by atoms with Crippen molar-refractivity contribution in [2.24, 2.45) is 0 Å². The first kappa shape index (κ1) is 23.0. The Hall–Kier alpha value is -3.17. The summed E-state index contributed by atoms with van der Waals surface area (Å²) in [6.45, 7) is 2.05. The second-order valence-corrected chi connectivity index (χ2v) is 8.80. The summed E-state index contributed by atoms with van der Waals surface area (Å²) < 4.78 is 14.2. The van der Waals surface area contributed by atoms with E-state index in [1.54, 1.807) is 49.4 Å². The number of anilines is 1. The number of nitrogens with zero attached hydrogens (tertiary/aromatic N) is 2. The Kier molecular flexibility index (Phi) is 7.10. The van der Waals surface area contributed by atoms with Gasteiger partial charge in [0.05, 0.1) is 12.2 Å². The Balaban J connectivity index is 1.66. The number of nitrogens with one attached hydrogen (secondary N) is 1. The van der Waals surface area contributed by atoms with Crippen LogP contribution in [0, 0.1) is 0 Å². The molecule has 0 atom stereocenters. The van der Waals surface area contributed by atoms with Gasteiger partial charge in [0.2, 0.25) is 0 Å². The summed E-state index contributed by atoms with van der Waals surface area (Å²) in [4.78, 5) is 29.2. The molecule has 0 fully saturated rings. The number of carbonyl (C=O) groups is 2. The van der Waals surface area contributed by atoms with Crippen LogP contribution in [0.1, 0.15) is 17.3 Å². The topological polar surface area (TPSA) is 81.9 Å². The van der Waals surface area contributed by atoms with E-state index in [9.17, 15) is 9.59 Å². The Bertz CT molecular complexity index is 1320. The lowest BCUT2D eigenvalue weighted by atomic mass is 10.1. The molecule has 0 aliphatic rings. The van der Waals surface area contributed by atoms with E-state index < -0.39 is 5.97 Å². The lowest BCUT2D eigenvalue weighted by molar-refractivity contribution is -0.140. The molecule has 9 heteroatoms. The molecule has 0 amide bonds. The van der Waals surface area contributed by atoms with Crippen LogP contribution in [0.2, 0.25) is 0 Å². The molecule has 1 N–H and O–H groups in total. The van der Waals surface area contributed by atoms with Gasteiger partial charge in [-0.1, -0.05) is 28.1 Å². The van der Waals surface area contributed by atoms with Gasteiger partial charge in [-0.3, -0.25) is 9.20 Å². The van der Waals surface area contributed by atoms with Crippen LogP contribution in [0.4, 0.5) is 5.82 Å². The van der Waals surface area contributed by atoms with Gasteiger partial charge in [-0.15, -0.1) is 0 Å². The van der Waals surface area contributed by atoms with E-state index in [2.05, 4.69) is 37.2 Å². The number of fused-ring (bicyclic) bond motifs is 1. The summed E-state index contributed by atoms with van der Waals surface area (Å²) in [5.74, 6) is 0.176. The highest BCUT2D eigenvalue weighted by Gasteiger charge is 2.17. The van der Waals surface area contributed by atoms with Gasteiger partial charge in [0.1, 0.15) is 29.5 Å². The number of benzene rings is 2. The smallest absolute Gasteiger partial charge is 0.343 e. The lowest BCUT2D eigenvalue weighted by Gasteiger charge is -2.10. The third-order valence-electron chi connectivity index (χ3n) is 4.69. The molecule has 0 spiro atoms. The van der Waals surface area contributed by atoms with Crippen molar-refractivity contribution in [3.05, 3.63) is 81.4 Å². The van der Waals surface area contributed by atoms with Gasteiger partial charge in [-0.05, 0) is 71.4 Å². The van der Waals surface area contributed by atoms with Gasteiger partial charge in [-0.25, -0.2) is 9.78 Å². The highest BCUT2D eigenvalue weighted by atomic mass is 79.9. The molecule has 168 valence electrons. The fourth-order valence-electron chi connectivity index (χ4n) is 3.22. The Morgan fingerprint density at radius 3 is 2.55 bits per heavy atom. The number of imidazole rings is 1. The molecule has 0 aliphatic heterocycles. The molecule has 0 unspecified atom stereocenters. The fraction of sp³-hybridized carbons (Fsp3) is 0.125. The average Bonchev–Trinajstić information content (AvgIpc) is 3.16. The van der Waals surface area contributed by atoms with Gasteiger partial charge in [0, 0.05) is 20.7 Å². The van der Waals surface area contributed by atoms with Crippen LogP contribution in [-0.4, -0.2) is 34.5 Å². The molecule has 2 aromatic heterocycles. The molecular weight excluding hydrogens is 554 g/mol. The monoisotopic (exact) mass is 571 g/mol. The molecule has 0 bridgehead atoms. The maximum absolute atomic E-state index is 12.5. The van der Waals surface area contributed by atoms with Crippen molar-refractivity contribution in [2.45, 2.75) is 6.92 Å². The lowest BCUT2D eigenvalue weighted by Crippen LogP contribution is -2.17. The van der Waals surface area contributed by atoms with Crippen molar-refractivity contribution in [1.29, 1.82) is 0 Å². The van der Waals surface area contributed by atoms with Crippen LogP contribution in [0.3, 0.4) is 0 Å². The quantitative estimate of drug-likeness (QED) is 0.225. The summed E-state index contributed by atoms with van der Waals surface area (Å²) in [6.07, 6.45) is 1.86. The summed E-state index contributed by atoms with van der Waals surface area (Å²) in [5, 5.41) is 3.13. The minimum atomic E-state index is -0.459. The van der Waals surface area contributed by atoms with Gasteiger partial charge in [-0.2, -0.15) is 0 Å². The second-order valence-electron chi connectivity index (χ2n) is 6.97. The van der Waals surface area contributed by atoms with E-state index in [0.29, 0.717) is 35.1 Å². The van der Waals surface area contributed by atoms with Crippen molar-refractivity contribution in [3.63, 3.8) is 0 Å². The molecule has 4 aromatic rings. The van der Waals surface area contributed by atoms with Crippen LogP contribution in [0.5, 0.6) is 5.75 Å². The molecule has 33 heavy (non-hydrogen) atoms. The van der Waals surface area contributed by atoms with Crippen LogP contribution < -0.4 is 10.1 Å². The molecule has 2 aromatic carbocycles. The number of esters is 2. The van der Waals surface area contributed by atoms with Crippen LogP contribution >= 0.6 is 31.9 Å². The maximum atomic E-state index is 12.5. The molecule has 0 aliphatic carbocycles. The van der Waals surface area contributed by atoms with E-state index in [4.69, 9.17) is 14.5 Å². The average molecular weight is 573 g/mol. The number of carbonyl (C=O) groups excluding carboxylic acids is 2. The second kappa shape index (κ2) is 10.2. The number of aromatic nitrogens is 2. The van der Waals surface area contributed by atoms with E-state index in [1.165, 1.54) is 0 Å². The Morgan fingerprint density at radius 1 is 1.03 bits per heavy atom. The van der Waals surface area contributed by atoms with Crippen molar-refractivity contribution >= 4 is 55.3 Å². The minimum Gasteiger partial charge on any atom is -0.465 e. The van der Waals surface area contributed by atoms with Crippen LogP contribution in [0.25, 0.3) is 16.9 Å². The zero-order chi connectivity index (χ0) is 23.4. The molecule has 0 radical (unpaired) electrons. The third kappa shape index (κ3) is 5.43. The van der Waals surface area contributed by atoms with Gasteiger partial charge in [0.15, 0.2) is 0 Å². The minimum absolute atomic E-state index is 0.0145. The molecule has 4 rings (SSSR count). The summed E-state index contributed by atoms with van der Waals surface area (Å²) in [6, 6.07) is 17.8. The Morgan fingerprint density at radius 2 is 1.79 bits per heavy atom. The summed E-state index contributed by atoms with van der Waals surface area (Å²) >= 11 is 6.83. The van der Waals surface area contributed by atoms with E-state index in [-0.39, 0.29) is 12.5 Å². The number of hydrogen-bond acceptors (Lipinski definition) is 6.